The van der Waals surface area contributed by atoms with Crippen LogP contribution in [0.3, 0.4) is 0 Å². The summed E-state index contributed by atoms with van der Waals surface area (Å²) < 4.78 is 38.1. The van der Waals surface area contributed by atoms with Gasteiger partial charge in [0.2, 0.25) is 0 Å². The Balaban J connectivity index is 3.14. The lowest BCUT2D eigenvalue weighted by atomic mass is 10.2. The third-order valence-electron chi connectivity index (χ3n) is 2.17. The first-order valence-electron chi connectivity index (χ1n) is 4.63. The molecular formula is C9H11F3N2O2. The van der Waals surface area contributed by atoms with E-state index < -0.39 is 23.9 Å². The molecule has 0 bridgehead atoms. The number of hydrogen-bond donors (Lipinski definition) is 1. The second kappa shape index (κ2) is 4.15. The molecule has 0 aliphatic carbocycles. The summed E-state index contributed by atoms with van der Waals surface area (Å²) in [5.74, 6) is -1.20. The minimum absolute atomic E-state index is 0.0767. The average Bonchev–Trinajstić information content (AvgIpc) is 2.47. The molecule has 0 radical (unpaired) electrons. The van der Waals surface area contributed by atoms with E-state index in [4.69, 9.17) is 5.11 Å². The molecule has 0 saturated carbocycles. The molecule has 0 amide bonds. The van der Waals surface area contributed by atoms with Crippen LogP contribution < -0.4 is 0 Å². The van der Waals surface area contributed by atoms with Gasteiger partial charge in [0.15, 0.2) is 5.69 Å². The van der Waals surface area contributed by atoms with Crippen LogP contribution in [0.2, 0.25) is 0 Å². The van der Waals surface area contributed by atoms with E-state index in [1.54, 1.807) is 6.92 Å². The fourth-order valence-electron chi connectivity index (χ4n) is 1.40. The lowest BCUT2D eigenvalue weighted by molar-refractivity contribution is -0.145. The van der Waals surface area contributed by atoms with Gasteiger partial charge >= 0.3 is 12.1 Å². The number of aryl methyl sites for hydroxylation is 1. The van der Waals surface area contributed by atoms with E-state index in [1.165, 1.54) is 6.92 Å². The highest BCUT2D eigenvalue weighted by molar-refractivity contribution is 5.71. The third-order valence-corrected chi connectivity index (χ3v) is 2.17. The molecule has 1 aromatic heterocycles. The van der Waals surface area contributed by atoms with Crippen molar-refractivity contribution >= 4 is 5.97 Å². The van der Waals surface area contributed by atoms with Crippen LogP contribution in [-0.2, 0) is 11.0 Å². The Labute approximate surface area is 89.7 Å². The first kappa shape index (κ1) is 12.5. The van der Waals surface area contributed by atoms with Gasteiger partial charge < -0.3 is 5.11 Å². The highest BCUT2D eigenvalue weighted by Gasteiger charge is 2.36. The summed E-state index contributed by atoms with van der Waals surface area (Å²) in [6.07, 6.45) is -3.27. The summed E-state index contributed by atoms with van der Waals surface area (Å²) in [6, 6.07) is -1.06. The second-order valence-electron chi connectivity index (χ2n) is 3.40. The molecule has 0 aliphatic rings. The predicted octanol–water partition coefficient (Wildman–Crippen LogP) is 2.25. The Morgan fingerprint density at radius 3 is 2.50 bits per heavy atom. The number of aliphatic carboxylic acids is 1. The van der Waals surface area contributed by atoms with Crippen molar-refractivity contribution in [1.29, 1.82) is 0 Å². The number of alkyl halides is 3. The van der Waals surface area contributed by atoms with E-state index in [9.17, 15) is 18.0 Å². The smallest absolute Gasteiger partial charge is 0.435 e. The zero-order valence-electron chi connectivity index (χ0n) is 8.75. The molecule has 0 saturated heterocycles. The maximum absolute atomic E-state index is 12.4. The molecule has 7 heteroatoms. The summed E-state index contributed by atoms with van der Waals surface area (Å²) in [5, 5.41) is 12.1. The van der Waals surface area contributed by atoms with Gasteiger partial charge in [-0.3, -0.25) is 4.68 Å². The Kier molecular flexibility index (Phi) is 3.25. The number of carbonyl (C=O) groups is 1. The molecule has 0 aromatic carbocycles. The third kappa shape index (κ3) is 2.34. The van der Waals surface area contributed by atoms with Gasteiger partial charge in [-0.2, -0.15) is 18.3 Å². The van der Waals surface area contributed by atoms with Crippen molar-refractivity contribution in [2.45, 2.75) is 32.5 Å². The maximum atomic E-state index is 12.4. The van der Waals surface area contributed by atoms with Gasteiger partial charge in [-0.05, 0) is 18.9 Å². The normalized spacial score (nSPS) is 13.8. The zero-order chi connectivity index (χ0) is 12.5. The molecular weight excluding hydrogens is 225 g/mol. The molecule has 16 heavy (non-hydrogen) atoms. The van der Waals surface area contributed by atoms with Crippen molar-refractivity contribution in [3.63, 3.8) is 0 Å². The maximum Gasteiger partial charge on any atom is 0.435 e. The SMILES string of the molecule is CCC(C(=O)O)n1cc(C)c(C(F)(F)F)n1. The van der Waals surface area contributed by atoms with Crippen LogP contribution in [-0.4, -0.2) is 20.9 Å². The molecule has 1 atom stereocenters. The van der Waals surface area contributed by atoms with Crippen molar-refractivity contribution < 1.29 is 23.1 Å². The van der Waals surface area contributed by atoms with Gasteiger partial charge in [0.25, 0.3) is 0 Å². The molecule has 90 valence electrons. The predicted molar refractivity (Wildman–Crippen MR) is 48.9 cm³/mol. The minimum atomic E-state index is -4.55. The number of rotatable bonds is 3. The van der Waals surface area contributed by atoms with Crippen molar-refractivity contribution in [3.05, 3.63) is 17.5 Å². The van der Waals surface area contributed by atoms with Gasteiger partial charge in [0.1, 0.15) is 6.04 Å². The Morgan fingerprint density at radius 1 is 1.62 bits per heavy atom. The number of aromatic nitrogens is 2. The standard InChI is InChI=1S/C9H11F3N2O2/c1-3-6(8(15)16)14-4-5(2)7(13-14)9(10,11)12/h4,6H,3H2,1-2H3,(H,15,16). The number of hydrogen-bond acceptors (Lipinski definition) is 2. The summed E-state index contributed by atoms with van der Waals surface area (Å²) in [6.45, 7) is 2.82. The molecule has 4 nitrogen and oxygen atoms in total. The Hall–Kier alpha value is -1.53. The average molecular weight is 236 g/mol. The van der Waals surface area contributed by atoms with Crippen LogP contribution >= 0.6 is 0 Å². The van der Waals surface area contributed by atoms with Gasteiger partial charge in [-0.1, -0.05) is 6.92 Å². The lowest BCUT2D eigenvalue weighted by Gasteiger charge is -2.09. The molecule has 1 heterocycles. The number of carboxylic acid groups (broad SMARTS) is 1. The van der Waals surface area contributed by atoms with Crippen LogP contribution in [0.1, 0.15) is 30.6 Å². The molecule has 1 N–H and O–H groups in total. The minimum Gasteiger partial charge on any atom is -0.480 e. The molecule has 0 aliphatic heterocycles. The van der Waals surface area contributed by atoms with Crippen LogP contribution in [0, 0.1) is 6.92 Å². The molecule has 0 spiro atoms. The Bertz CT molecular complexity index is 398. The van der Waals surface area contributed by atoms with E-state index in [0.29, 0.717) is 0 Å². The summed E-state index contributed by atoms with van der Waals surface area (Å²) in [5.41, 5.74) is -1.11. The van der Waals surface area contributed by atoms with Gasteiger partial charge in [0, 0.05) is 6.20 Å². The zero-order valence-corrected chi connectivity index (χ0v) is 8.75. The van der Waals surface area contributed by atoms with Crippen LogP contribution in [0.15, 0.2) is 6.20 Å². The number of halogens is 3. The second-order valence-corrected chi connectivity index (χ2v) is 3.40. The van der Waals surface area contributed by atoms with Crippen molar-refractivity contribution in [2.75, 3.05) is 0 Å². The summed E-state index contributed by atoms with van der Waals surface area (Å²) >= 11 is 0. The van der Waals surface area contributed by atoms with Crippen LogP contribution in [0.25, 0.3) is 0 Å². The quantitative estimate of drug-likeness (QED) is 0.875. The van der Waals surface area contributed by atoms with E-state index >= 15 is 0 Å². The van der Waals surface area contributed by atoms with E-state index in [2.05, 4.69) is 5.10 Å². The van der Waals surface area contributed by atoms with Crippen LogP contribution in [0.4, 0.5) is 13.2 Å². The number of nitrogens with zero attached hydrogens (tertiary/aromatic N) is 2. The summed E-state index contributed by atoms with van der Waals surface area (Å²) in [4.78, 5) is 10.8. The van der Waals surface area contributed by atoms with Gasteiger partial charge in [-0.25, -0.2) is 4.79 Å². The first-order valence-corrected chi connectivity index (χ1v) is 4.63. The molecule has 1 unspecified atom stereocenters. The van der Waals surface area contributed by atoms with Crippen molar-refractivity contribution in [3.8, 4) is 0 Å². The van der Waals surface area contributed by atoms with E-state index in [-0.39, 0.29) is 12.0 Å². The fraction of sp³-hybridized carbons (Fsp3) is 0.556. The largest absolute Gasteiger partial charge is 0.480 e. The van der Waals surface area contributed by atoms with Crippen LogP contribution in [0.5, 0.6) is 0 Å². The molecule has 1 rings (SSSR count). The first-order chi connectivity index (χ1) is 7.27. The van der Waals surface area contributed by atoms with Gasteiger partial charge in [0.05, 0.1) is 0 Å². The molecule has 0 fully saturated rings. The summed E-state index contributed by atoms with van der Waals surface area (Å²) in [7, 11) is 0. The van der Waals surface area contributed by atoms with Crippen molar-refractivity contribution in [1.82, 2.24) is 9.78 Å². The van der Waals surface area contributed by atoms with Gasteiger partial charge in [-0.15, -0.1) is 0 Å². The Morgan fingerprint density at radius 2 is 2.19 bits per heavy atom. The highest BCUT2D eigenvalue weighted by Crippen LogP contribution is 2.31. The highest BCUT2D eigenvalue weighted by atomic mass is 19.4. The van der Waals surface area contributed by atoms with Crippen molar-refractivity contribution in [2.24, 2.45) is 0 Å². The lowest BCUT2D eigenvalue weighted by Crippen LogP contribution is -2.19. The fourth-order valence-corrected chi connectivity index (χ4v) is 1.40. The van der Waals surface area contributed by atoms with E-state index in [0.717, 1.165) is 10.9 Å². The monoisotopic (exact) mass is 236 g/mol. The van der Waals surface area contributed by atoms with E-state index in [1.807, 2.05) is 0 Å². The topological polar surface area (TPSA) is 55.1 Å². The molecule has 1 aromatic rings. The number of carboxylic acids is 1.